The van der Waals surface area contributed by atoms with Crippen LogP contribution in [0.3, 0.4) is 0 Å². The maximum absolute atomic E-state index is 12.3. The topological polar surface area (TPSA) is 54.9 Å². The Balaban J connectivity index is 1.45. The van der Waals surface area contributed by atoms with Crippen molar-refractivity contribution in [2.45, 2.75) is 30.5 Å². The maximum Gasteiger partial charge on any atom is 0.206 e. The summed E-state index contributed by atoms with van der Waals surface area (Å²) in [5.74, 6) is 0.971. The lowest BCUT2D eigenvalue weighted by atomic mass is 10.0. The first-order valence-corrected chi connectivity index (χ1v) is 11.2. The van der Waals surface area contributed by atoms with Crippen LogP contribution in [-0.4, -0.2) is 28.3 Å². The van der Waals surface area contributed by atoms with Gasteiger partial charge in [-0.25, -0.2) is 0 Å². The molecule has 0 aliphatic carbocycles. The van der Waals surface area contributed by atoms with Crippen molar-refractivity contribution in [1.82, 2.24) is 10.2 Å². The van der Waals surface area contributed by atoms with Crippen LogP contribution in [0.5, 0.6) is 0 Å². The lowest BCUT2D eigenvalue weighted by Gasteiger charge is -2.05. The minimum absolute atomic E-state index is 0.118. The van der Waals surface area contributed by atoms with E-state index in [-0.39, 0.29) is 5.78 Å². The third kappa shape index (κ3) is 5.40. The Hall–Kier alpha value is -1.70. The molecule has 4 nitrogen and oxygen atoms in total. The molecule has 1 N–H and O–H groups in total. The lowest BCUT2D eigenvalue weighted by molar-refractivity contribution is 0.102. The fourth-order valence-electron chi connectivity index (χ4n) is 2.35. The number of carbonyl (C=O) groups excluding carboxylic acids is 1. The van der Waals surface area contributed by atoms with E-state index in [1.165, 1.54) is 33.5 Å². The molecular formula is C19H21N3OS3. The van der Waals surface area contributed by atoms with Crippen molar-refractivity contribution in [3.8, 4) is 0 Å². The second-order valence-corrected chi connectivity index (χ2v) is 9.35. The zero-order valence-electron chi connectivity index (χ0n) is 14.8. The quantitative estimate of drug-likeness (QED) is 0.385. The molecule has 0 radical (unpaired) electrons. The molecule has 1 aromatic carbocycles. The van der Waals surface area contributed by atoms with Crippen LogP contribution in [0.15, 0.2) is 46.1 Å². The van der Waals surface area contributed by atoms with E-state index < -0.39 is 0 Å². The molecule has 0 atom stereocenters. The molecule has 7 heteroatoms. The fourth-order valence-corrected chi connectivity index (χ4v) is 4.73. The van der Waals surface area contributed by atoms with Crippen LogP contribution in [0.4, 0.5) is 5.13 Å². The summed E-state index contributed by atoms with van der Waals surface area (Å²) >= 11 is 4.70. The second-order valence-electron chi connectivity index (χ2n) is 6.12. The minimum atomic E-state index is 0.118. The highest BCUT2D eigenvalue weighted by molar-refractivity contribution is 8.01. The number of thiophene rings is 1. The van der Waals surface area contributed by atoms with Crippen molar-refractivity contribution in [2.24, 2.45) is 0 Å². The third-order valence-corrected chi connectivity index (χ3v) is 6.81. The summed E-state index contributed by atoms with van der Waals surface area (Å²) in [6, 6.07) is 12.1. The van der Waals surface area contributed by atoms with E-state index in [4.69, 9.17) is 0 Å². The van der Waals surface area contributed by atoms with Gasteiger partial charge in [0, 0.05) is 17.0 Å². The summed E-state index contributed by atoms with van der Waals surface area (Å²) in [5, 5.41) is 14.5. The Kier molecular flexibility index (Phi) is 6.82. The van der Waals surface area contributed by atoms with Crippen LogP contribution in [0.1, 0.15) is 40.6 Å². The molecule has 3 aromatic rings. The van der Waals surface area contributed by atoms with Gasteiger partial charge in [-0.15, -0.1) is 21.5 Å². The highest BCUT2D eigenvalue weighted by Gasteiger charge is 2.10. The third-order valence-electron chi connectivity index (χ3n) is 3.86. The van der Waals surface area contributed by atoms with Crippen molar-refractivity contribution in [3.63, 3.8) is 0 Å². The number of benzene rings is 1. The van der Waals surface area contributed by atoms with E-state index in [1.807, 2.05) is 24.3 Å². The number of hydrogen-bond donors (Lipinski definition) is 1. The van der Waals surface area contributed by atoms with Crippen molar-refractivity contribution in [1.29, 1.82) is 0 Å². The van der Waals surface area contributed by atoms with Gasteiger partial charge < -0.3 is 5.32 Å². The summed E-state index contributed by atoms with van der Waals surface area (Å²) < 4.78 is 0.816. The summed E-state index contributed by atoms with van der Waals surface area (Å²) in [5.41, 5.74) is 2.00. The Bertz CT molecular complexity index is 826. The zero-order valence-corrected chi connectivity index (χ0v) is 17.2. The normalized spacial score (nSPS) is 11.0. The van der Waals surface area contributed by atoms with Crippen LogP contribution in [-0.2, 0) is 6.42 Å². The van der Waals surface area contributed by atoms with Gasteiger partial charge >= 0.3 is 0 Å². The van der Waals surface area contributed by atoms with Crippen LogP contribution < -0.4 is 5.32 Å². The van der Waals surface area contributed by atoms with Gasteiger partial charge in [-0.3, -0.25) is 4.79 Å². The summed E-state index contributed by atoms with van der Waals surface area (Å²) in [7, 11) is 0. The van der Waals surface area contributed by atoms with E-state index in [9.17, 15) is 4.79 Å². The SMILES string of the molecule is CC(C)c1ccc(C(=O)CSc2nnc(NCCc3cccs3)s2)cc1. The van der Waals surface area contributed by atoms with Gasteiger partial charge in [-0.2, -0.15) is 0 Å². The fraction of sp³-hybridized carbons (Fsp3) is 0.316. The van der Waals surface area contributed by atoms with E-state index in [0.29, 0.717) is 11.7 Å². The number of anilines is 1. The van der Waals surface area contributed by atoms with Crippen molar-refractivity contribution >= 4 is 45.4 Å². The van der Waals surface area contributed by atoms with Gasteiger partial charge in [0.2, 0.25) is 5.13 Å². The van der Waals surface area contributed by atoms with Gasteiger partial charge in [-0.05, 0) is 29.3 Å². The first-order valence-electron chi connectivity index (χ1n) is 8.47. The summed E-state index contributed by atoms with van der Waals surface area (Å²) in [4.78, 5) is 13.7. The largest absolute Gasteiger partial charge is 0.360 e. The van der Waals surface area contributed by atoms with Crippen LogP contribution >= 0.6 is 34.4 Å². The molecule has 0 unspecified atom stereocenters. The number of hydrogen-bond acceptors (Lipinski definition) is 7. The van der Waals surface area contributed by atoms with E-state index in [2.05, 4.69) is 46.9 Å². The molecule has 2 heterocycles. The molecule has 0 spiro atoms. The molecule has 136 valence electrons. The minimum Gasteiger partial charge on any atom is -0.360 e. The van der Waals surface area contributed by atoms with Gasteiger partial charge in [0.25, 0.3) is 0 Å². The Morgan fingerprint density at radius 2 is 2.00 bits per heavy atom. The Morgan fingerprint density at radius 3 is 2.69 bits per heavy atom. The van der Waals surface area contributed by atoms with E-state index >= 15 is 0 Å². The van der Waals surface area contributed by atoms with Gasteiger partial charge in [0.15, 0.2) is 10.1 Å². The second kappa shape index (κ2) is 9.30. The average Bonchev–Trinajstić information content (AvgIpc) is 3.32. The molecule has 0 amide bonds. The molecule has 0 saturated carbocycles. The van der Waals surface area contributed by atoms with Crippen LogP contribution in [0, 0.1) is 0 Å². The summed E-state index contributed by atoms with van der Waals surface area (Å²) in [6.07, 6.45) is 0.977. The first kappa shape index (κ1) is 19.1. The van der Waals surface area contributed by atoms with Crippen molar-refractivity contribution < 1.29 is 4.79 Å². The lowest BCUT2D eigenvalue weighted by Crippen LogP contribution is -2.03. The number of aromatic nitrogens is 2. The Labute approximate surface area is 166 Å². The number of carbonyl (C=O) groups is 1. The molecule has 3 rings (SSSR count). The number of thioether (sulfide) groups is 1. The molecule has 26 heavy (non-hydrogen) atoms. The van der Waals surface area contributed by atoms with E-state index in [1.54, 1.807) is 11.3 Å². The number of nitrogens with one attached hydrogen (secondary N) is 1. The zero-order chi connectivity index (χ0) is 18.4. The molecule has 0 aliphatic heterocycles. The molecular weight excluding hydrogens is 382 g/mol. The van der Waals surface area contributed by atoms with Crippen molar-refractivity contribution in [3.05, 3.63) is 57.8 Å². The highest BCUT2D eigenvalue weighted by atomic mass is 32.2. The Morgan fingerprint density at radius 1 is 1.19 bits per heavy atom. The molecule has 0 fully saturated rings. The number of ketones is 1. The highest BCUT2D eigenvalue weighted by Crippen LogP contribution is 2.26. The van der Waals surface area contributed by atoms with E-state index in [0.717, 1.165) is 28.0 Å². The van der Waals surface area contributed by atoms with Gasteiger partial charge in [0.1, 0.15) is 0 Å². The molecule has 0 saturated heterocycles. The number of rotatable bonds is 9. The van der Waals surface area contributed by atoms with Crippen LogP contribution in [0.2, 0.25) is 0 Å². The first-order chi connectivity index (χ1) is 12.6. The molecule has 2 aromatic heterocycles. The maximum atomic E-state index is 12.3. The number of nitrogens with zero attached hydrogens (tertiary/aromatic N) is 2. The van der Waals surface area contributed by atoms with Crippen LogP contribution in [0.25, 0.3) is 0 Å². The molecule has 0 bridgehead atoms. The number of Topliss-reactive ketones (excluding diaryl/α,β-unsaturated/α-hetero) is 1. The monoisotopic (exact) mass is 403 g/mol. The van der Waals surface area contributed by atoms with Crippen molar-refractivity contribution in [2.75, 3.05) is 17.6 Å². The average molecular weight is 404 g/mol. The molecule has 0 aliphatic rings. The predicted molar refractivity (Wildman–Crippen MR) is 112 cm³/mol. The smallest absolute Gasteiger partial charge is 0.206 e. The van der Waals surface area contributed by atoms with Gasteiger partial charge in [0.05, 0.1) is 5.75 Å². The standard InChI is InChI=1S/C19H21N3OS3/c1-13(2)14-5-7-15(8-6-14)17(23)12-25-19-22-21-18(26-19)20-10-9-16-4-3-11-24-16/h3-8,11,13H,9-10,12H2,1-2H3,(H,20,21). The summed E-state index contributed by atoms with van der Waals surface area (Å²) in [6.45, 7) is 5.13. The van der Waals surface area contributed by atoms with Gasteiger partial charge in [-0.1, -0.05) is 67.3 Å². The predicted octanol–water partition coefficient (Wildman–Crippen LogP) is 5.35.